The third kappa shape index (κ3) is 2.59. The number of benzene rings is 1. The predicted molar refractivity (Wildman–Crippen MR) is 81.3 cm³/mol. The lowest BCUT2D eigenvalue weighted by atomic mass is 10.0. The van der Waals surface area contributed by atoms with Crippen LogP contribution in [0.1, 0.15) is 35.4 Å². The maximum Gasteiger partial charge on any atom is 0.268 e. The van der Waals surface area contributed by atoms with Gasteiger partial charge in [-0.1, -0.05) is 18.2 Å². The molecule has 1 aromatic heterocycles. The van der Waals surface area contributed by atoms with E-state index in [1.54, 1.807) is 12.3 Å². The maximum atomic E-state index is 12.5. The summed E-state index contributed by atoms with van der Waals surface area (Å²) in [5.41, 5.74) is 8.01. The molecule has 0 fully saturated rings. The van der Waals surface area contributed by atoms with E-state index in [1.165, 1.54) is 0 Å². The Morgan fingerprint density at radius 2 is 2.29 bits per heavy atom. The number of nitrogen functional groups attached to an aromatic ring is 1. The fourth-order valence-electron chi connectivity index (χ4n) is 2.71. The van der Waals surface area contributed by atoms with Crippen molar-refractivity contribution in [1.29, 1.82) is 0 Å². The highest BCUT2D eigenvalue weighted by Gasteiger charge is 2.24. The number of anilines is 1. The molecule has 0 spiro atoms. The molecule has 1 unspecified atom stereocenters. The Bertz CT molecular complexity index is 663. The number of ether oxygens (including phenoxy) is 1. The van der Waals surface area contributed by atoms with Crippen molar-refractivity contribution in [2.24, 2.45) is 0 Å². The Balaban J connectivity index is 1.82. The van der Waals surface area contributed by atoms with Crippen molar-refractivity contribution >= 4 is 11.6 Å². The lowest BCUT2D eigenvalue weighted by Gasteiger charge is -2.26. The zero-order valence-electron chi connectivity index (χ0n) is 12.0. The van der Waals surface area contributed by atoms with Crippen LogP contribution in [-0.2, 0) is 6.54 Å². The normalized spacial score (nSPS) is 16.9. The average Bonchev–Trinajstić information content (AvgIpc) is 2.89. The van der Waals surface area contributed by atoms with Crippen LogP contribution >= 0.6 is 0 Å². The van der Waals surface area contributed by atoms with Crippen molar-refractivity contribution in [2.75, 3.05) is 12.3 Å². The molecule has 1 amide bonds. The van der Waals surface area contributed by atoms with Crippen LogP contribution in [0.25, 0.3) is 0 Å². The van der Waals surface area contributed by atoms with Crippen molar-refractivity contribution in [3.63, 3.8) is 0 Å². The second kappa shape index (κ2) is 5.52. The van der Waals surface area contributed by atoms with Gasteiger partial charge in [-0.25, -0.2) is 0 Å². The molecule has 1 aromatic carbocycles. The van der Waals surface area contributed by atoms with Crippen molar-refractivity contribution in [3.05, 3.63) is 47.8 Å². The summed E-state index contributed by atoms with van der Waals surface area (Å²) in [5, 5.41) is 3.08. The highest BCUT2D eigenvalue weighted by Crippen LogP contribution is 2.31. The third-order valence-corrected chi connectivity index (χ3v) is 3.75. The van der Waals surface area contributed by atoms with E-state index in [1.807, 2.05) is 35.8 Å². The van der Waals surface area contributed by atoms with Gasteiger partial charge in [0.15, 0.2) is 0 Å². The molecule has 3 rings (SSSR count). The van der Waals surface area contributed by atoms with Crippen molar-refractivity contribution in [2.45, 2.75) is 25.9 Å². The first-order valence-corrected chi connectivity index (χ1v) is 7.17. The Hall–Kier alpha value is -2.43. The van der Waals surface area contributed by atoms with Crippen LogP contribution in [0.15, 0.2) is 36.5 Å². The molecule has 0 bridgehead atoms. The topological polar surface area (TPSA) is 69.3 Å². The van der Waals surface area contributed by atoms with Crippen LogP contribution in [0.2, 0.25) is 0 Å². The number of fused-ring (bicyclic) bond motifs is 1. The average molecular weight is 285 g/mol. The number of nitrogens with two attached hydrogens (primary N) is 1. The van der Waals surface area contributed by atoms with Gasteiger partial charge in [0.2, 0.25) is 0 Å². The summed E-state index contributed by atoms with van der Waals surface area (Å²) in [4.78, 5) is 12.5. The number of rotatable bonds is 3. The Labute approximate surface area is 123 Å². The SMILES string of the molecule is CCn1cc(N)cc1C(=O)NC1CCOc2ccccc21. The minimum absolute atomic E-state index is 0.0242. The number of aryl methyl sites for hydroxylation is 1. The predicted octanol–water partition coefficient (Wildman–Crippen LogP) is 2.34. The number of para-hydroxylation sites is 1. The van der Waals surface area contributed by atoms with Gasteiger partial charge >= 0.3 is 0 Å². The first-order valence-electron chi connectivity index (χ1n) is 7.17. The molecule has 5 nitrogen and oxygen atoms in total. The van der Waals surface area contributed by atoms with Crippen LogP contribution in [0.3, 0.4) is 0 Å². The minimum atomic E-state index is -0.102. The van der Waals surface area contributed by atoms with Crippen molar-refractivity contribution in [3.8, 4) is 5.75 Å². The summed E-state index contributed by atoms with van der Waals surface area (Å²) in [5.74, 6) is 0.745. The smallest absolute Gasteiger partial charge is 0.268 e. The summed E-state index contributed by atoms with van der Waals surface area (Å²) in [6.45, 7) is 3.31. The Morgan fingerprint density at radius 1 is 1.48 bits per heavy atom. The molecular weight excluding hydrogens is 266 g/mol. The molecule has 3 N–H and O–H groups in total. The highest BCUT2D eigenvalue weighted by atomic mass is 16.5. The number of aromatic nitrogens is 1. The van der Waals surface area contributed by atoms with Crippen LogP contribution in [0.5, 0.6) is 5.75 Å². The van der Waals surface area contributed by atoms with E-state index in [9.17, 15) is 4.79 Å². The molecule has 110 valence electrons. The number of carbonyl (C=O) groups is 1. The fraction of sp³-hybridized carbons (Fsp3) is 0.312. The molecule has 0 radical (unpaired) electrons. The van der Waals surface area contributed by atoms with Gasteiger partial charge in [0.25, 0.3) is 5.91 Å². The molecule has 2 aromatic rings. The summed E-state index contributed by atoms with van der Waals surface area (Å²) < 4.78 is 7.47. The summed E-state index contributed by atoms with van der Waals surface area (Å²) in [6, 6.07) is 9.51. The van der Waals surface area contributed by atoms with Gasteiger partial charge in [0, 0.05) is 24.7 Å². The number of hydrogen-bond donors (Lipinski definition) is 2. The second-order valence-corrected chi connectivity index (χ2v) is 5.15. The van der Waals surface area contributed by atoms with Crippen LogP contribution in [0.4, 0.5) is 5.69 Å². The highest BCUT2D eigenvalue weighted by molar-refractivity contribution is 5.94. The standard InChI is InChI=1S/C16H19N3O2/c1-2-19-10-11(17)9-14(19)16(20)18-13-7-8-21-15-6-4-3-5-12(13)15/h3-6,9-10,13H,2,7-8,17H2,1H3,(H,18,20). The van der Waals surface area contributed by atoms with Gasteiger partial charge in [0.1, 0.15) is 11.4 Å². The number of carbonyl (C=O) groups excluding carboxylic acids is 1. The maximum absolute atomic E-state index is 12.5. The monoisotopic (exact) mass is 285 g/mol. The van der Waals surface area contributed by atoms with Gasteiger partial charge in [0.05, 0.1) is 18.3 Å². The fourth-order valence-corrected chi connectivity index (χ4v) is 2.71. The van der Waals surface area contributed by atoms with Crippen molar-refractivity contribution < 1.29 is 9.53 Å². The molecule has 2 heterocycles. The molecule has 21 heavy (non-hydrogen) atoms. The van der Waals surface area contributed by atoms with Gasteiger partial charge in [-0.15, -0.1) is 0 Å². The Morgan fingerprint density at radius 3 is 3.10 bits per heavy atom. The summed E-state index contributed by atoms with van der Waals surface area (Å²) in [6.07, 6.45) is 2.55. The van der Waals surface area contributed by atoms with E-state index in [0.717, 1.165) is 17.7 Å². The van der Waals surface area contributed by atoms with Gasteiger partial charge in [-0.2, -0.15) is 0 Å². The molecule has 0 aliphatic carbocycles. The van der Waals surface area contributed by atoms with Crippen LogP contribution in [0, 0.1) is 0 Å². The van der Waals surface area contributed by atoms with E-state index in [4.69, 9.17) is 10.5 Å². The van der Waals surface area contributed by atoms with Gasteiger partial charge < -0.3 is 20.4 Å². The summed E-state index contributed by atoms with van der Waals surface area (Å²) in [7, 11) is 0. The molecule has 1 aliphatic rings. The van der Waals surface area contributed by atoms with E-state index in [2.05, 4.69) is 5.32 Å². The lowest BCUT2D eigenvalue weighted by molar-refractivity contribution is 0.0915. The summed E-state index contributed by atoms with van der Waals surface area (Å²) >= 11 is 0. The number of hydrogen-bond acceptors (Lipinski definition) is 3. The minimum Gasteiger partial charge on any atom is -0.493 e. The van der Waals surface area contributed by atoms with E-state index < -0.39 is 0 Å². The van der Waals surface area contributed by atoms with E-state index in [-0.39, 0.29) is 11.9 Å². The van der Waals surface area contributed by atoms with E-state index >= 15 is 0 Å². The molecule has 0 saturated carbocycles. The quantitative estimate of drug-likeness (QED) is 0.909. The number of nitrogens with one attached hydrogen (secondary N) is 1. The van der Waals surface area contributed by atoms with Crippen LogP contribution in [-0.4, -0.2) is 17.1 Å². The second-order valence-electron chi connectivity index (χ2n) is 5.15. The Kier molecular flexibility index (Phi) is 3.56. The first kappa shape index (κ1) is 13.5. The first-order chi connectivity index (χ1) is 10.2. The largest absolute Gasteiger partial charge is 0.493 e. The van der Waals surface area contributed by atoms with Crippen LogP contribution < -0.4 is 15.8 Å². The van der Waals surface area contributed by atoms with Crippen molar-refractivity contribution in [1.82, 2.24) is 9.88 Å². The zero-order valence-corrected chi connectivity index (χ0v) is 12.0. The molecule has 0 saturated heterocycles. The number of nitrogens with zero attached hydrogens (tertiary/aromatic N) is 1. The third-order valence-electron chi connectivity index (χ3n) is 3.75. The van der Waals surface area contributed by atoms with E-state index in [0.29, 0.717) is 24.5 Å². The molecular formula is C16H19N3O2. The lowest BCUT2D eigenvalue weighted by Crippen LogP contribution is -2.33. The zero-order chi connectivity index (χ0) is 14.8. The van der Waals surface area contributed by atoms with Gasteiger partial charge in [-0.05, 0) is 19.1 Å². The number of amides is 1. The molecule has 1 aliphatic heterocycles. The van der Waals surface area contributed by atoms with Gasteiger partial charge in [-0.3, -0.25) is 4.79 Å². The molecule has 1 atom stereocenters. The molecule has 5 heteroatoms.